The monoisotopic (exact) mass is 252 g/mol. The molecule has 0 saturated carbocycles. The normalized spacial score (nSPS) is 13.2. The number of aryl methyl sites for hydroxylation is 1. The topological polar surface area (TPSA) is 70.1 Å². The van der Waals surface area contributed by atoms with Crippen molar-refractivity contribution in [1.29, 1.82) is 0 Å². The Balaban J connectivity index is 2.86. The molecule has 0 spiro atoms. The number of hydrogen-bond acceptors (Lipinski definition) is 5. The SMILES string of the molecule is CCCNc1nc(C)cc(NC(C)(C)C(C)O)n1. The van der Waals surface area contributed by atoms with E-state index in [9.17, 15) is 5.11 Å². The summed E-state index contributed by atoms with van der Waals surface area (Å²) in [6, 6.07) is 1.88. The van der Waals surface area contributed by atoms with Crippen LogP contribution in [-0.2, 0) is 0 Å². The molecule has 102 valence electrons. The van der Waals surface area contributed by atoms with E-state index in [1.54, 1.807) is 6.92 Å². The highest BCUT2D eigenvalue weighted by molar-refractivity contribution is 5.44. The lowest BCUT2D eigenvalue weighted by Gasteiger charge is -2.30. The minimum atomic E-state index is -0.472. The average molecular weight is 252 g/mol. The van der Waals surface area contributed by atoms with E-state index in [-0.39, 0.29) is 0 Å². The predicted octanol–water partition coefficient (Wildman–Crippen LogP) is 2.18. The summed E-state index contributed by atoms with van der Waals surface area (Å²) in [5.41, 5.74) is 0.468. The third-order valence-corrected chi connectivity index (χ3v) is 2.88. The van der Waals surface area contributed by atoms with E-state index >= 15 is 0 Å². The van der Waals surface area contributed by atoms with Gasteiger partial charge in [0.1, 0.15) is 5.82 Å². The molecule has 0 bridgehead atoms. The largest absolute Gasteiger partial charge is 0.391 e. The molecule has 5 heteroatoms. The second-order valence-electron chi connectivity index (χ2n) is 5.17. The van der Waals surface area contributed by atoms with Gasteiger partial charge in [-0.2, -0.15) is 4.98 Å². The van der Waals surface area contributed by atoms with Crippen molar-refractivity contribution in [3.63, 3.8) is 0 Å². The maximum atomic E-state index is 9.70. The van der Waals surface area contributed by atoms with Gasteiger partial charge in [0.2, 0.25) is 5.95 Å². The number of nitrogens with one attached hydrogen (secondary N) is 2. The van der Waals surface area contributed by atoms with Crippen molar-refractivity contribution in [2.24, 2.45) is 0 Å². The Labute approximate surface area is 109 Å². The van der Waals surface area contributed by atoms with Crippen molar-refractivity contribution in [2.75, 3.05) is 17.2 Å². The van der Waals surface area contributed by atoms with Crippen LogP contribution in [0.25, 0.3) is 0 Å². The Hall–Kier alpha value is -1.36. The first-order chi connectivity index (χ1) is 8.35. The van der Waals surface area contributed by atoms with E-state index < -0.39 is 11.6 Å². The molecule has 1 heterocycles. The molecule has 18 heavy (non-hydrogen) atoms. The molecule has 1 unspecified atom stereocenters. The van der Waals surface area contributed by atoms with Gasteiger partial charge in [0.25, 0.3) is 0 Å². The van der Waals surface area contributed by atoms with Crippen LogP contribution < -0.4 is 10.6 Å². The lowest BCUT2D eigenvalue weighted by molar-refractivity contribution is 0.133. The van der Waals surface area contributed by atoms with Gasteiger partial charge in [-0.15, -0.1) is 0 Å². The standard InChI is InChI=1S/C13H24N4O/c1-6-7-14-12-15-9(2)8-11(16-12)17-13(4,5)10(3)18/h8,10,18H,6-7H2,1-5H3,(H2,14,15,16,17). The second kappa shape index (κ2) is 6.00. The second-order valence-corrected chi connectivity index (χ2v) is 5.17. The Kier molecular flexibility index (Phi) is 4.90. The summed E-state index contributed by atoms with van der Waals surface area (Å²) in [5, 5.41) is 16.1. The molecule has 0 saturated heterocycles. The molecule has 0 radical (unpaired) electrons. The fourth-order valence-corrected chi connectivity index (χ4v) is 1.38. The first-order valence-corrected chi connectivity index (χ1v) is 6.41. The van der Waals surface area contributed by atoms with Crippen molar-refractivity contribution in [3.05, 3.63) is 11.8 Å². The zero-order valence-electron chi connectivity index (χ0n) is 11.9. The van der Waals surface area contributed by atoms with Crippen LogP contribution in [0.3, 0.4) is 0 Å². The Morgan fingerprint density at radius 3 is 2.61 bits per heavy atom. The van der Waals surface area contributed by atoms with Gasteiger partial charge >= 0.3 is 0 Å². The van der Waals surface area contributed by atoms with Gasteiger partial charge in [-0.3, -0.25) is 0 Å². The zero-order chi connectivity index (χ0) is 13.8. The number of aromatic nitrogens is 2. The lowest BCUT2D eigenvalue weighted by Crippen LogP contribution is -2.42. The van der Waals surface area contributed by atoms with Gasteiger partial charge in [0.15, 0.2) is 0 Å². The summed E-state index contributed by atoms with van der Waals surface area (Å²) in [6.07, 6.45) is 0.555. The van der Waals surface area contributed by atoms with E-state index in [0.717, 1.165) is 24.5 Å². The minimum Gasteiger partial charge on any atom is -0.391 e. The summed E-state index contributed by atoms with van der Waals surface area (Å²) in [4.78, 5) is 8.72. The summed E-state index contributed by atoms with van der Waals surface area (Å²) in [5.74, 6) is 1.35. The van der Waals surface area contributed by atoms with E-state index in [2.05, 4.69) is 27.5 Å². The van der Waals surface area contributed by atoms with Crippen LogP contribution in [0.2, 0.25) is 0 Å². The summed E-state index contributed by atoms with van der Waals surface area (Å²) < 4.78 is 0. The van der Waals surface area contributed by atoms with Crippen LogP contribution in [0.4, 0.5) is 11.8 Å². The van der Waals surface area contributed by atoms with Crippen molar-refractivity contribution in [3.8, 4) is 0 Å². The van der Waals surface area contributed by atoms with Gasteiger partial charge in [-0.05, 0) is 34.1 Å². The lowest BCUT2D eigenvalue weighted by atomic mass is 9.99. The molecule has 1 rings (SSSR count). The third kappa shape index (κ3) is 4.14. The third-order valence-electron chi connectivity index (χ3n) is 2.88. The Morgan fingerprint density at radius 1 is 1.39 bits per heavy atom. The van der Waals surface area contributed by atoms with Crippen LogP contribution in [0, 0.1) is 6.92 Å². The van der Waals surface area contributed by atoms with Crippen molar-refractivity contribution in [2.45, 2.75) is 52.7 Å². The highest BCUT2D eigenvalue weighted by Gasteiger charge is 2.24. The first kappa shape index (κ1) is 14.7. The molecule has 3 N–H and O–H groups in total. The van der Waals surface area contributed by atoms with Crippen LogP contribution >= 0.6 is 0 Å². The smallest absolute Gasteiger partial charge is 0.224 e. The molecule has 0 aliphatic carbocycles. The number of aliphatic hydroxyl groups excluding tert-OH is 1. The number of nitrogens with zero attached hydrogens (tertiary/aromatic N) is 2. The molecule has 1 aromatic rings. The van der Waals surface area contributed by atoms with Gasteiger partial charge in [0, 0.05) is 18.3 Å². The van der Waals surface area contributed by atoms with Gasteiger partial charge in [-0.25, -0.2) is 4.98 Å². The highest BCUT2D eigenvalue weighted by atomic mass is 16.3. The number of aliphatic hydroxyl groups is 1. The van der Waals surface area contributed by atoms with Crippen LogP contribution in [0.15, 0.2) is 6.07 Å². The highest BCUT2D eigenvalue weighted by Crippen LogP contribution is 2.18. The maximum absolute atomic E-state index is 9.70. The number of rotatable bonds is 6. The molecule has 0 amide bonds. The van der Waals surface area contributed by atoms with E-state index in [0.29, 0.717) is 5.95 Å². The molecule has 1 atom stereocenters. The van der Waals surface area contributed by atoms with Crippen molar-refractivity contribution >= 4 is 11.8 Å². The van der Waals surface area contributed by atoms with Gasteiger partial charge in [-0.1, -0.05) is 6.92 Å². The first-order valence-electron chi connectivity index (χ1n) is 6.41. The molecule has 1 aromatic heterocycles. The fraction of sp³-hybridized carbons (Fsp3) is 0.692. The van der Waals surface area contributed by atoms with Crippen molar-refractivity contribution in [1.82, 2.24) is 9.97 Å². The molecular weight excluding hydrogens is 228 g/mol. The number of hydrogen-bond donors (Lipinski definition) is 3. The predicted molar refractivity (Wildman–Crippen MR) is 74.9 cm³/mol. The Morgan fingerprint density at radius 2 is 2.06 bits per heavy atom. The number of anilines is 2. The van der Waals surface area contributed by atoms with Crippen molar-refractivity contribution < 1.29 is 5.11 Å². The molecule has 5 nitrogen and oxygen atoms in total. The quantitative estimate of drug-likeness (QED) is 0.724. The summed E-state index contributed by atoms with van der Waals surface area (Å²) in [7, 11) is 0. The summed E-state index contributed by atoms with van der Waals surface area (Å²) in [6.45, 7) is 10.5. The molecule has 0 aliphatic heterocycles. The van der Waals surface area contributed by atoms with Crippen LogP contribution in [0.5, 0.6) is 0 Å². The minimum absolute atomic E-state index is 0.428. The average Bonchev–Trinajstić information content (AvgIpc) is 2.24. The van der Waals surface area contributed by atoms with E-state index in [1.165, 1.54) is 0 Å². The molecular formula is C13H24N4O. The molecule has 0 aromatic carbocycles. The van der Waals surface area contributed by atoms with E-state index in [1.807, 2.05) is 26.8 Å². The fourth-order valence-electron chi connectivity index (χ4n) is 1.38. The maximum Gasteiger partial charge on any atom is 0.224 e. The summed E-state index contributed by atoms with van der Waals surface area (Å²) >= 11 is 0. The van der Waals surface area contributed by atoms with Gasteiger partial charge < -0.3 is 15.7 Å². The molecule has 0 fully saturated rings. The zero-order valence-corrected chi connectivity index (χ0v) is 11.9. The van der Waals surface area contributed by atoms with Gasteiger partial charge in [0.05, 0.1) is 11.6 Å². The van der Waals surface area contributed by atoms with Crippen LogP contribution in [0.1, 0.15) is 39.8 Å². The van der Waals surface area contributed by atoms with Crippen LogP contribution in [-0.4, -0.2) is 33.3 Å². The molecule has 0 aliphatic rings. The van der Waals surface area contributed by atoms with E-state index in [4.69, 9.17) is 0 Å². The Bertz CT molecular complexity index is 391.